The molecule has 1 saturated heterocycles. The Bertz CT molecular complexity index is 660. The molecular weight excluding hydrogens is 332 g/mol. The topological polar surface area (TPSA) is 50.8 Å². The fraction of sp³-hybridized carbons (Fsp3) is 0.400. The molecule has 0 saturated carbocycles. The molecule has 1 fully saturated rings. The molecule has 2 heterocycles. The second-order valence-electron chi connectivity index (χ2n) is 5.62. The zero-order valence-electron chi connectivity index (χ0n) is 12.4. The molecule has 24 heavy (non-hydrogen) atoms. The summed E-state index contributed by atoms with van der Waals surface area (Å²) in [6.07, 6.45) is -3.86. The number of carbonyl (C=O) groups is 1. The van der Waals surface area contributed by atoms with Crippen molar-refractivity contribution in [3.63, 3.8) is 0 Å². The number of benzene rings is 1. The highest BCUT2D eigenvalue weighted by Crippen LogP contribution is 2.33. The van der Waals surface area contributed by atoms with Gasteiger partial charge in [-0.25, -0.2) is 9.18 Å². The highest BCUT2D eigenvalue weighted by atomic mass is 19.4. The third-order valence-corrected chi connectivity index (χ3v) is 3.81. The van der Waals surface area contributed by atoms with Crippen molar-refractivity contribution in [2.75, 3.05) is 19.6 Å². The van der Waals surface area contributed by atoms with Crippen LogP contribution in [0.4, 0.5) is 22.4 Å². The van der Waals surface area contributed by atoms with Gasteiger partial charge in [0, 0.05) is 11.8 Å². The minimum atomic E-state index is -4.76. The Balaban J connectivity index is 1.52. The van der Waals surface area contributed by atoms with Gasteiger partial charge in [0.25, 0.3) is 0 Å². The molecule has 2 aliphatic heterocycles. The van der Waals surface area contributed by atoms with Crippen LogP contribution in [0.1, 0.15) is 5.56 Å². The van der Waals surface area contributed by atoms with Crippen LogP contribution in [0.15, 0.2) is 36.0 Å². The van der Waals surface area contributed by atoms with E-state index >= 15 is 0 Å². The number of rotatable bonds is 3. The zero-order valence-corrected chi connectivity index (χ0v) is 12.4. The first-order valence-electron chi connectivity index (χ1n) is 7.13. The van der Waals surface area contributed by atoms with E-state index in [1.165, 1.54) is 17.0 Å². The number of amides is 1. The average Bonchev–Trinajstić information content (AvgIpc) is 2.99. The van der Waals surface area contributed by atoms with Gasteiger partial charge in [-0.2, -0.15) is 0 Å². The molecule has 5 nitrogen and oxygen atoms in total. The van der Waals surface area contributed by atoms with Crippen LogP contribution >= 0.6 is 0 Å². The number of nitrogens with zero attached hydrogens (tertiary/aromatic N) is 1. The number of hydrogen-bond donors (Lipinski definition) is 1. The van der Waals surface area contributed by atoms with Gasteiger partial charge in [0.1, 0.15) is 12.4 Å². The summed E-state index contributed by atoms with van der Waals surface area (Å²) >= 11 is 0. The lowest BCUT2D eigenvalue weighted by Gasteiger charge is -2.18. The number of nitrogens with one attached hydrogen (secondary N) is 1. The Morgan fingerprint density at radius 2 is 2.00 bits per heavy atom. The monoisotopic (exact) mass is 346 g/mol. The first-order valence-corrected chi connectivity index (χ1v) is 7.13. The van der Waals surface area contributed by atoms with Crippen LogP contribution < -0.4 is 10.1 Å². The number of hydrogen-bond acceptors (Lipinski definition) is 4. The van der Waals surface area contributed by atoms with Gasteiger partial charge in [0.05, 0.1) is 19.6 Å². The predicted molar refractivity (Wildman–Crippen MR) is 74.8 cm³/mol. The summed E-state index contributed by atoms with van der Waals surface area (Å²) in [7, 11) is 0. The van der Waals surface area contributed by atoms with Crippen LogP contribution in [-0.2, 0) is 11.3 Å². The van der Waals surface area contributed by atoms with E-state index in [9.17, 15) is 22.4 Å². The van der Waals surface area contributed by atoms with Crippen molar-refractivity contribution in [3.05, 3.63) is 41.6 Å². The van der Waals surface area contributed by atoms with Crippen LogP contribution in [0.25, 0.3) is 0 Å². The summed E-state index contributed by atoms with van der Waals surface area (Å²) in [5.74, 6) is -0.358. The first kappa shape index (κ1) is 16.4. The van der Waals surface area contributed by atoms with Crippen molar-refractivity contribution in [1.29, 1.82) is 0 Å². The number of halogens is 4. The summed E-state index contributed by atoms with van der Waals surface area (Å²) in [5.41, 5.74) is -0.545. The molecule has 1 N–H and O–H groups in total. The van der Waals surface area contributed by atoms with E-state index < -0.39 is 18.1 Å². The molecule has 0 spiro atoms. The molecule has 9 heteroatoms. The third-order valence-electron chi connectivity index (χ3n) is 3.81. The van der Waals surface area contributed by atoms with E-state index in [1.54, 1.807) is 6.20 Å². The van der Waals surface area contributed by atoms with E-state index in [4.69, 9.17) is 4.74 Å². The van der Waals surface area contributed by atoms with Crippen LogP contribution in [0.5, 0.6) is 5.75 Å². The van der Waals surface area contributed by atoms with Crippen molar-refractivity contribution in [2.24, 2.45) is 0 Å². The van der Waals surface area contributed by atoms with Gasteiger partial charge in [-0.05, 0) is 17.7 Å². The standard InChI is InChI=1S/C15H14F4N2O3/c16-14-8-20-5-11(14)6-21(9-14)13(22)23-7-10-1-3-12(4-2-10)24-15(17,18)19/h1-5,20H,6-9H2. The Kier molecular flexibility index (Phi) is 4.02. The molecule has 0 radical (unpaired) electrons. The summed E-state index contributed by atoms with van der Waals surface area (Å²) < 4.78 is 59.4. The van der Waals surface area contributed by atoms with E-state index in [0.29, 0.717) is 11.1 Å². The molecule has 1 aromatic rings. The van der Waals surface area contributed by atoms with E-state index in [2.05, 4.69) is 10.1 Å². The van der Waals surface area contributed by atoms with Crippen molar-refractivity contribution in [1.82, 2.24) is 10.2 Å². The van der Waals surface area contributed by atoms with Crippen LogP contribution in [0.3, 0.4) is 0 Å². The molecule has 1 atom stereocenters. The Hall–Kier alpha value is -2.45. The van der Waals surface area contributed by atoms with Crippen molar-refractivity contribution < 1.29 is 31.8 Å². The average molecular weight is 346 g/mol. The number of alkyl halides is 4. The summed E-state index contributed by atoms with van der Waals surface area (Å²) in [5, 5.41) is 2.80. The fourth-order valence-electron chi connectivity index (χ4n) is 2.64. The zero-order chi connectivity index (χ0) is 17.4. The van der Waals surface area contributed by atoms with Crippen molar-refractivity contribution >= 4 is 6.09 Å². The van der Waals surface area contributed by atoms with E-state index in [0.717, 1.165) is 12.1 Å². The van der Waals surface area contributed by atoms with Gasteiger partial charge >= 0.3 is 12.5 Å². The third kappa shape index (κ3) is 3.55. The van der Waals surface area contributed by atoms with E-state index in [-0.39, 0.29) is 32.0 Å². The Morgan fingerprint density at radius 3 is 2.62 bits per heavy atom. The molecule has 0 aromatic heterocycles. The van der Waals surface area contributed by atoms with Gasteiger partial charge in [0.2, 0.25) is 0 Å². The SMILES string of the molecule is O=C(OCc1ccc(OC(F)(F)F)cc1)N1CC2=CNCC2(F)C1. The number of ether oxygens (including phenoxy) is 2. The van der Waals surface area contributed by atoms with Crippen molar-refractivity contribution in [3.8, 4) is 5.75 Å². The molecule has 1 amide bonds. The lowest BCUT2D eigenvalue weighted by atomic mass is 10.0. The smallest absolute Gasteiger partial charge is 0.445 e. The molecule has 1 unspecified atom stereocenters. The Morgan fingerprint density at radius 1 is 1.29 bits per heavy atom. The second kappa shape index (κ2) is 5.88. The van der Waals surface area contributed by atoms with Gasteiger partial charge in [-0.1, -0.05) is 12.1 Å². The molecule has 0 aliphatic carbocycles. The molecular formula is C15H14F4N2O3. The second-order valence-corrected chi connectivity index (χ2v) is 5.62. The number of fused-ring (bicyclic) bond motifs is 1. The first-order chi connectivity index (χ1) is 11.3. The van der Waals surface area contributed by atoms with Crippen LogP contribution in [0.2, 0.25) is 0 Å². The highest BCUT2D eigenvalue weighted by Gasteiger charge is 2.47. The summed E-state index contributed by atoms with van der Waals surface area (Å²) in [6, 6.07) is 4.97. The van der Waals surface area contributed by atoms with Gasteiger partial charge in [0.15, 0.2) is 5.67 Å². The highest BCUT2D eigenvalue weighted by molar-refractivity contribution is 5.69. The molecule has 3 rings (SSSR count). The molecule has 2 aliphatic rings. The Labute approximate surface area is 134 Å². The van der Waals surface area contributed by atoms with Gasteiger partial charge in [-0.3, -0.25) is 0 Å². The minimum absolute atomic E-state index is 0.0803. The molecule has 1 aromatic carbocycles. The van der Waals surface area contributed by atoms with Crippen molar-refractivity contribution in [2.45, 2.75) is 18.6 Å². The maximum atomic E-state index is 14.4. The summed E-state index contributed by atoms with van der Waals surface area (Å²) in [4.78, 5) is 13.2. The van der Waals surface area contributed by atoms with Gasteiger partial charge in [-0.15, -0.1) is 13.2 Å². The lowest BCUT2D eigenvalue weighted by Crippen LogP contribution is -2.37. The molecule has 0 bridgehead atoms. The van der Waals surface area contributed by atoms with E-state index in [1.807, 2.05) is 0 Å². The summed E-state index contributed by atoms with van der Waals surface area (Å²) in [6.45, 7) is 0.0781. The quantitative estimate of drug-likeness (QED) is 0.855. The maximum Gasteiger partial charge on any atom is 0.573 e. The predicted octanol–water partition coefficient (Wildman–Crippen LogP) is 2.73. The normalized spacial score (nSPS) is 22.7. The van der Waals surface area contributed by atoms with Crippen LogP contribution in [0, 0.1) is 0 Å². The molecule has 130 valence electrons. The maximum absolute atomic E-state index is 14.4. The largest absolute Gasteiger partial charge is 0.573 e. The number of likely N-dealkylation sites (tertiary alicyclic amines) is 1. The van der Waals surface area contributed by atoms with Crippen LogP contribution in [-0.4, -0.2) is 42.7 Å². The fourth-order valence-corrected chi connectivity index (χ4v) is 2.64. The van der Waals surface area contributed by atoms with Gasteiger partial charge < -0.3 is 19.7 Å². The number of carbonyl (C=O) groups excluding carboxylic acids is 1. The minimum Gasteiger partial charge on any atom is -0.445 e. The lowest BCUT2D eigenvalue weighted by molar-refractivity contribution is -0.274.